The minimum atomic E-state index is 0.0449. The lowest BCUT2D eigenvalue weighted by molar-refractivity contribution is -0.130. The molecule has 1 amide bonds. The molecule has 0 radical (unpaired) electrons. The summed E-state index contributed by atoms with van der Waals surface area (Å²) in [6.45, 7) is 4.44. The molecule has 0 saturated heterocycles. The van der Waals surface area contributed by atoms with E-state index < -0.39 is 0 Å². The number of nitrogens with one attached hydrogen (secondary N) is 1. The van der Waals surface area contributed by atoms with Crippen LogP contribution in [0.5, 0.6) is 0 Å². The fourth-order valence-corrected chi connectivity index (χ4v) is 0.391. The van der Waals surface area contributed by atoms with Gasteiger partial charge in [-0.3, -0.25) is 9.80 Å². The molecule has 0 aliphatic carbocycles. The van der Waals surface area contributed by atoms with Crippen molar-refractivity contribution in [1.29, 1.82) is 0 Å². The second-order valence-electron chi connectivity index (χ2n) is 1.99. The lowest BCUT2D eigenvalue weighted by Crippen LogP contribution is -2.38. The van der Waals surface area contributed by atoms with Gasteiger partial charge in [-0.2, -0.15) is 0 Å². The van der Waals surface area contributed by atoms with Crippen molar-refractivity contribution in [2.24, 2.45) is 0 Å². The molecule has 0 spiro atoms. The van der Waals surface area contributed by atoms with E-state index in [2.05, 4.69) is 12.3 Å². The van der Waals surface area contributed by atoms with Crippen molar-refractivity contribution in [1.82, 2.24) is 10.4 Å². The standard InChI is InChI=1S/C6H14N2O/c1-4-5-7-8(3)6(2)9/h7H,4-5H2,1-3H3. The highest BCUT2D eigenvalue weighted by atomic mass is 16.2. The van der Waals surface area contributed by atoms with Crippen molar-refractivity contribution >= 4 is 5.91 Å². The maximum atomic E-state index is 10.5. The minimum absolute atomic E-state index is 0.0449. The van der Waals surface area contributed by atoms with Gasteiger partial charge in [-0.15, -0.1) is 0 Å². The number of carbonyl (C=O) groups excluding carboxylic acids is 1. The fourth-order valence-electron chi connectivity index (χ4n) is 0.391. The maximum absolute atomic E-state index is 10.5. The van der Waals surface area contributed by atoms with Crippen molar-refractivity contribution in [3.05, 3.63) is 0 Å². The van der Waals surface area contributed by atoms with Gasteiger partial charge in [-0.05, 0) is 6.42 Å². The van der Waals surface area contributed by atoms with E-state index in [1.165, 1.54) is 11.9 Å². The monoisotopic (exact) mass is 130 g/mol. The van der Waals surface area contributed by atoms with Crippen LogP contribution in [0.1, 0.15) is 20.3 Å². The van der Waals surface area contributed by atoms with E-state index in [0.29, 0.717) is 0 Å². The third kappa shape index (κ3) is 3.97. The molecule has 0 aromatic rings. The third-order valence-electron chi connectivity index (χ3n) is 1.07. The molecule has 0 fully saturated rings. The Hall–Kier alpha value is -0.570. The summed E-state index contributed by atoms with van der Waals surface area (Å²) in [5.41, 5.74) is 2.92. The van der Waals surface area contributed by atoms with Crippen LogP contribution < -0.4 is 5.43 Å². The summed E-state index contributed by atoms with van der Waals surface area (Å²) in [6.07, 6.45) is 1.04. The first kappa shape index (κ1) is 8.43. The van der Waals surface area contributed by atoms with Crippen LogP contribution in [0.25, 0.3) is 0 Å². The maximum Gasteiger partial charge on any atom is 0.233 e. The Bertz CT molecular complexity index is 93.1. The quantitative estimate of drug-likeness (QED) is 0.560. The minimum Gasteiger partial charge on any atom is -0.281 e. The zero-order valence-corrected chi connectivity index (χ0v) is 6.27. The molecule has 0 bridgehead atoms. The molecular weight excluding hydrogens is 116 g/mol. The summed E-state index contributed by atoms with van der Waals surface area (Å²) in [5, 5.41) is 1.49. The molecule has 0 unspecified atom stereocenters. The summed E-state index contributed by atoms with van der Waals surface area (Å²) in [5.74, 6) is 0.0449. The SMILES string of the molecule is CCCNN(C)C(C)=O. The number of nitrogens with zero attached hydrogens (tertiary/aromatic N) is 1. The topological polar surface area (TPSA) is 32.3 Å². The Labute approximate surface area is 56.0 Å². The molecular formula is C6H14N2O. The van der Waals surface area contributed by atoms with Crippen molar-refractivity contribution in [3.63, 3.8) is 0 Å². The number of amides is 1. The smallest absolute Gasteiger partial charge is 0.233 e. The molecule has 0 rings (SSSR count). The van der Waals surface area contributed by atoms with Gasteiger partial charge < -0.3 is 0 Å². The van der Waals surface area contributed by atoms with Crippen LogP contribution in [0.2, 0.25) is 0 Å². The Morgan fingerprint density at radius 3 is 2.56 bits per heavy atom. The zero-order chi connectivity index (χ0) is 7.28. The van der Waals surface area contributed by atoms with Crippen molar-refractivity contribution in [2.75, 3.05) is 13.6 Å². The fraction of sp³-hybridized carbons (Fsp3) is 0.833. The van der Waals surface area contributed by atoms with E-state index in [4.69, 9.17) is 0 Å². The Morgan fingerprint density at radius 1 is 1.67 bits per heavy atom. The first-order valence-electron chi connectivity index (χ1n) is 3.16. The largest absolute Gasteiger partial charge is 0.281 e. The molecule has 0 aromatic carbocycles. The molecule has 0 heterocycles. The molecule has 0 aliphatic rings. The van der Waals surface area contributed by atoms with Crippen molar-refractivity contribution in [3.8, 4) is 0 Å². The van der Waals surface area contributed by atoms with Gasteiger partial charge in [-0.1, -0.05) is 6.92 Å². The number of hydrogen-bond donors (Lipinski definition) is 1. The van der Waals surface area contributed by atoms with Gasteiger partial charge in [-0.25, -0.2) is 5.43 Å². The van der Waals surface area contributed by atoms with Crippen molar-refractivity contribution < 1.29 is 4.79 Å². The van der Waals surface area contributed by atoms with E-state index >= 15 is 0 Å². The van der Waals surface area contributed by atoms with Crippen molar-refractivity contribution in [2.45, 2.75) is 20.3 Å². The average molecular weight is 130 g/mol. The lowest BCUT2D eigenvalue weighted by Gasteiger charge is -2.14. The normalized spacial score (nSPS) is 9.22. The molecule has 0 aliphatic heterocycles. The van der Waals surface area contributed by atoms with Crippen LogP contribution in [0.3, 0.4) is 0 Å². The molecule has 0 aromatic heterocycles. The zero-order valence-electron chi connectivity index (χ0n) is 6.27. The van der Waals surface area contributed by atoms with Crippen LogP contribution in [0, 0.1) is 0 Å². The van der Waals surface area contributed by atoms with Crippen LogP contribution in [-0.2, 0) is 4.79 Å². The van der Waals surface area contributed by atoms with Gasteiger partial charge in [0, 0.05) is 20.5 Å². The second-order valence-corrected chi connectivity index (χ2v) is 1.99. The molecule has 54 valence electrons. The van der Waals surface area contributed by atoms with Crippen LogP contribution in [0.15, 0.2) is 0 Å². The molecule has 9 heavy (non-hydrogen) atoms. The van der Waals surface area contributed by atoms with E-state index in [-0.39, 0.29) is 5.91 Å². The highest BCUT2D eigenvalue weighted by molar-refractivity contribution is 5.72. The summed E-state index contributed by atoms with van der Waals surface area (Å²) >= 11 is 0. The van der Waals surface area contributed by atoms with Gasteiger partial charge in [0.15, 0.2) is 0 Å². The Morgan fingerprint density at radius 2 is 2.22 bits per heavy atom. The summed E-state index contributed by atoms with van der Waals surface area (Å²) in [4.78, 5) is 10.5. The molecule has 1 N–H and O–H groups in total. The van der Waals surface area contributed by atoms with Crippen LogP contribution in [0.4, 0.5) is 0 Å². The Kier molecular flexibility index (Phi) is 4.05. The predicted octanol–water partition coefficient (Wildman–Crippen LogP) is 0.379. The number of rotatable bonds is 3. The number of carbonyl (C=O) groups is 1. The van der Waals surface area contributed by atoms with Gasteiger partial charge in [0.05, 0.1) is 0 Å². The van der Waals surface area contributed by atoms with E-state index in [1.807, 2.05) is 0 Å². The van der Waals surface area contributed by atoms with E-state index in [9.17, 15) is 4.79 Å². The van der Waals surface area contributed by atoms with Crippen LogP contribution in [-0.4, -0.2) is 24.5 Å². The van der Waals surface area contributed by atoms with Gasteiger partial charge >= 0.3 is 0 Å². The van der Waals surface area contributed by atoms with Gasteiger partial charge in [0.25, 0.3) is 0 Å². The first-order valence-corrected chi connectivity index (χ1v) is 3.16. The molecule has 0 atom stereocenters. The lowest BCUT2D eigenvalue weighted by atomic mass is 10.5. The van der Waals surface area contributed by atoms with E-state index in [0.717, 1.165) is 13.0 Å². The number of hydrogen-bond acceptors (Lipinski definition) is 2. The highest BCUT2D eigenvalue weighted by Crippen LogP contribution is 1.76. The predicted molar refractivity (Wildman–Crippen MR) is 36.7 cm³/mol. The molecule has 0 saturated carbocycles. The average Bonchev–Trinajstić information content (AvgIpc) is 1.82. The number of hydrazine groups is 1. The third-order valence-corrected chi connectivity index (χ3v) is 1.07. The molecule has 3 heteroatoms. The highest BCUT2D eigenvalue weighted by Gasteiger charge is 1.96. The van der Waals surface area contributed by atoms with Gasteiger partial charge in [0.2, 0.25) is 5.91 Å². The first-order chi connectivity index (χ1) is 4.18. The molecule has 3 nitrogen and oxygen atoms in total. The van der Waals surface area contributed by atoms with E-state index in [1.54, 1.807) is 7.05 Å². The second kappa shape index (κ2) is 4.32. The van der Waals surface area contributed by atoms with Crippen LogP contribution >= 0.6 is 0 Å². The summed E-state index contributed by atoms with van der Waals surface area (Å²) in [6, 6.07) is 0. The summed E-state index contributed by atoms with van der Waals surface area (Å²) in [7, 11) is 1.72. The van der Waals surface area contributed by atoms with Gasteiger partial charge in [0.1, 0.15) is 0 Å². The Balaban J connectivity index is 3.27. The summed E-state index contributed by atoms with van der Waals surface area (Å²) < 4.78 is 0.